The number of anilines is 1. The van der Waals surface area contributed by atoms with Gasteiger partial charge in [0.15, 0.2) is 0 Å². The Kier molecular flexibility index (Phi) is 6.82. The van der Waals surface area contributed by atoms with Gasteiger partial charge in [-0.1, -0.05) is 41.9 Å². The Morgan fingerprint density at radius 2 is 1.78 bits per heavy atom. The Labute approximate surface area is 164 Å². The number of halogens is 1. The maximum atomic E-state index is 12.5. The molecule has 0 aliphatic carbocycles. The molecule has 0 saturated carbocycles. The van der Waals surface area contributed by atoms with Gasteiger partial charge in [-0.05, 0) is 44.5 Å². The molecular formula is C20H25ClN4O2. The predicted molar refractivity (Wildman–Crippen MR) is 109 cm³/mol. The molecule has 2 aromatic rings. The summed E-state index contributed by atoms with van der Waals surface area (Å²) in [5.74, 6) is -0.355. The van der Waals surface area contributed by atoms with Gasteiger partial charge in [0.05, 0.1) is 10.6 Å². The minimum atomic E-state index is -0.371. The number of hydrogen-bond acceptors (Lipinski definition) is 3. The summed E-state index contributed by atoms with van der Waals surface area (Å²) in [6.07, 6.45) is 0. The molecule has 0 heterocycles. The second-order valence-corrected chi connectivity index (χ2v) is 7.66. The van der Waals surface area contributed by atoms with Gasteiger partial charge in [0.1, 0.15) is 0 Å². The average molecular weight is 389 g/mol. The fraction of sp³-hybridized carbons (Fsp3) is 0.300. The lowest BCUT2D eigenvalue weighted by Gasteiger charge is -2.21. The number of carbonyl (C=O) groups excluding carboxylic acids is 2. The van der Waals surface area contributed by atoms with Crippen LogP contribution in [0.5, 0.6) is 0 Å². The number of hydrogen-bond donors (Lipinski definition) is 4. The summed E-state index contributed by atoms with van der Waals surface area (Å²) in [6, 6.07) is 13.6. The normalized spacial score (nSPS) is 12.2. The van der Waals surface area contributed by atoms with Crippen molar-refractivity contribution in [1.82, 2.24) is 10.6 Å². The summed E-state index contributed by atoms with van der Waals surface area (Å²) in [6.45, 7) is 5.90. The average Bonchev–Trinajstić information content (AvgIpc) is 2.60. The summed E-state index contributed by atoms with van der Waals surface area (Å²) in [5.41, 5.74) is 7.40. The third kappa shape index (κ3) is 6.58. The zero-order chi connectivity index (χ0) is 20.0. The lowest BCUT2D eigenvalue weighted by atomic mass is 10.1. The molecule has 0 radical (unpaired) electrons. The van der Waals surface area contributed by atoms with Gasteiger partial charge >= 0.3 is 6.03 Å². The van der Waals surface area contributed by atoms with Crippen LogP contribution >= 0.6 is 11.6 Å². The standard InChI is InChI=1S/C20H25ClN4O2/c1-20(2,3)25-19(27)24-14-9-10-16(21)15(11-14)18(26)23-12-17(22)13-7-5-4-6-8-13/h4-11,17H,12,22H2,1-3H3,(H,23,26)(H2,24,25,27). The molecule has 1 atom stereocenters. The van der Waals surface area contributed by atoms with Crippen molar-refractivity contribution >= 4 is 29.2 Å². The van der Waals surface area contributed by atoms with E-state index in [2.05, 4.69) is 16.0 Å². The van der Waals surface area contributed by atoms with Crippen molar-refractivity contribution in [2.24, 2.45) is 5.73 Å². The summed E-state index contributed by atoms with van der Waals surface area (Å²) in [4.78, 5) is 24.5. The highest BCUT2D eigenvalue weighted by atomic mass is 35.5. The van der Waals surface area contributed by atoms with Gasteiger partial charge in [0, 0.05) is 23.8 Å². The van der Waals surface area contributed by atoms with Gasteiger partial charge in [-0.15, -0.1) is 0 Å². The van der Waals surface area contributed by atoms with E-state index in [0.717, 1.165) is 5.56 Å². The van der Waals surface area contributed by atoms with E-state index in [9.17, 15) is 9.59 Å². The summed E-state index contributed by atoms with van der Waals surface area (Å²) in [7, 11) is 0. The molecule has 0 aromatic heterocycles. The fourth-order valence-electron chi connectivity index (χ4n) is 2.40. The van der Waals surface area contributed by atoms with Crippen LogP contribution in [-0.2, 0) is 0 Å². The molecule has 7 heteroatoms. The first-order valence-corrected chi connectivity index (χ1v) is 9.01. The Morgan fingerprint density at radius 1 is 1.11 bits per heavy atom. The maximum Gasteiger partial charge on any atom is 0.319 e. The number of amides is 3. The predicted octanol–water partition coefficient (Wildman–Crippen LogP) is 3.69. The molecule has 27 heavy (non-hydrogen) atoms. The maximum absolute atomic E-state index is 12.5. The van der Waals surface area contributed by atoms with Crippen molar-refractivity contribution in [2.45, 2.75) is 32.4 Å². The van der Waals surface area contributed by atoms with Crippen LogP contribution in [0.25, 0.3) is 0 Å². The van der Waals surface area contributed by atoms with Crippen LogP contribution in [0, 0.1) is 0 Å². The molecule has 0 bridgehead atoms. The quantitative estimate of drug-likeness (QED) is 0.628. The van der Waals surface area contributed by atoms with E-state index < -0.39 is 0 Å². The van der Waals surface area contributed by atoms with Gasteiger partial charge in [0.25, 0.3) is 5.91 Å². The van der Waals surface area contributed by atoms with E-state index in [-0.39, 0.29) is 35.6 Å². The molecule has 2 aromatic carbocycles. The van der Waals surface area contributed by atoms with Crippen LogP contribution in [0.3, 0.4) is 0 Å². The second kappa shape index (κ2) is 8.88. The molecule has 0 aliphatic heterocycles. The highest BCUT2D eigenvalue weighted by Crippen LogP contribution is 2.21. The molecule has 144 valence electrons. The Hall–Kier alpha value is -2.57. The molecule has 0 saturated heterocycles. The monoisotopic (exact) mass is 388 g/mol. The van der Waals surface area contributed by atoms with Crippen LogP contribution in [0.15, 0.2) is 48.5 Å². The smallest absolute Gasteiger partial charge is 0.319 e. The van der Waals surface area contributed by atoms with Crippen molar-refractivity contribution in [3.05, 3.63) is 64.7 Å². The van der Waals surface area contributed by atoms with E-state index in [1.807, 2.05) is 51.1 Å². The minimum Gasteiger partial charge on any atom is -0.350 e. The zero-order valence-electron chi connectivity index (χ0n) is 15.7. The van der Waals surface area contributed by atoms with Crippen molar-refractivity contribution in [1.29, 1.82) is 0 Å². The number of urea groups is 1. The first-order chi connectivity index (χ1) is 12.7. The van der Waals surface area contributed by atoms with Crippen molar-refractivity contribution in [2.75, 3.05) is 11.9 Å². The van der Waals surface area contributed by atoms with E-state index in [4.69, 9.17) is 17.3 Å². The molecule has 3 amide bonds. The third-order valence-corrected chi connectivity index (χ3v) is 4.00. The lowest BCUT2D eigenvalue weighted by molar-refractivity contribution is 0.0951. The Morgan fingerprint density at radius 3 is 2.41 bits per heavy atom. The first kappa shape index (κ1) is 20.7. The topological polar surface area (TPSA) is 96.2 Å². The van der Waals surface area contributed by atoms with Crippen LogP contribution in [0.4, 0.5) is 10.5 Å². The molecule has 0 spiro atoms. The highest BCUT2D eigenvalue weighted by Gasteiger charge is 2.16. The number of rotatable bonds is 5. The Balaban J connectivity index is 2.02. The van der Waals surface area contributed by atoms with Gasteiger partial charge in [-0.3, -0.25) is 4.79 Å². The van der Waals surface area contributed by atoms with Crippen LogP contribution in [-0.4, -0.2) is 24.0 Å². The van der Waals surface area contributed by atoms with E-state index in [0.29, 0.717) is 10.7 Å². The minimum absolute atomic E-state index is 0.265. The van der Waals surface area contributed by atoms with Crippen LogP contribution in [0.1, 0.15) is 42.7 Å². The number of carbonyl (C=O) groups is 2. The summed E-state index contributed by atoms with van der Waals surface area (Å²) in [5, 5.41) is 8.56. The van der Waals surface area contributed by atoms with E-state index in [1.54, 1.807) is 12.1 Å². The van der Waals surface area contributed by atoms with E-state index >= 15 is 0 Å². The van der Waals surface area contributed by atoms with Gasteiger partial charge in [-0.2, -0.15) is 0 Å². The number of nitrogens with one attached hydrogen (secondary N) is 3. The molecule has 2 rings (SSSR count). The van der Waals surface area contributed by atoms with Crippen LogP contribution in [0.2, 0.25) is 5.02 Å². The lowest BCUT2D eigenvalue weighted by Crippen LogP contribution is -2.43. The molecule has 6 nitrogen and oxygen atoms in total. The summed E-state index contributed by atoms with van der Waals surface area (Å²) < 4.78 is 0. The Bertz CT molecular complexity index is 803. The molecule has 0 fully saturated rings. The molecular weight excluding hydrogens is 364 g/mol. The van der Waals surface area contributed by atoms with Crippen molar-refractivity contribution < 1.29 is 9.59 Å². The largest absolute Gasteiger partial charge is 0.350 e. The molecule has 0 aliphatic rings. The zero-order valence-corrected chi connectivity index (χ0v) is 16.4. The molecule has 5 N–H and O–H groups in total. The highest BCUT2D eigenvalue weighted by molar-refractivity contribution is 6.34. The third-order valence-electron chi connectivity index (χ3n) is 3.67. The second-order valence-electron chi connectivity index (χ2n) is 7.25. The van der Waals surface area contributed by atoms with Gasteiger partial charge in [0.2, 0.25) is 0 Å². The number of nitrogens with two attached hydrogens (primary N) is 1. The fourth-order valence-corrected chi connectivity index (χ4v) is 2.60. The summed E-state index contributed by atoms with van der Waals surface area (Å²) >= 11 is 6.15. The van der Waals surface area contributed by atoms with Gasteiger partial charge in [-0.25, -0.2) is 4.79 Å². The SMILES string of the molecule is CC(C)(C)NC(=O)Nc1ccc(Cl)c(C(=O)NCC(N)c2ccccc2)c1. The molecule has 1 unspecified atom stereocenters. The van der Waals surface area contributed by atoms with E-state index in [1.165, 1.54) is 6.07 Å². The van der Waals surface area contributed by atoms with Crippen molar-refractivity contribution in [3.8, 4) is 0 Å². The first-order valence-electron chi connectivity index (χ1n) is 8.63. The van der Waals surface area contributed by atoms with Crippen molar-refractivity contribution in [3.63, 3.8) is 0 Å². The van der Waals surface area contributed by atoms with Gasteiger partial charge < -0.3 is 21.7 Å². The number of benzene rings is 2. The van der Waals surface area contributed by atoms with Crippen LogP contribution < -0.4 is 21.7 Å².